The van der Waals surface area contributed by atoms with Gasteiger partial charge in [-0.25, -0.2) is 4.39 Å². The van der Waals surface area contributed by atoms with Gasteiger partial charge in [0.15, 0.2) is 11.5 Å². The van der Waals surface area contributed by atoms with Gasteiger partial charge in [-0.2, -0.15) is 0 Å². The number of piperidine rings is 1. The van der Waals surface area contributed by atoms with Crippen LogP contribution in [0.15, 0.2) is 53.1 Å². The summed E-state index contributed by atoms with van der Waals surface area (Å²) in [6, 6.07) is 12.8. The first-order valence-corrected chi connectivity index (χ1v) is 11.1. The van der Waals surface area contributed by atoms with Gasteiger partial charge in [0, 0.05) is 31.1 Å². The van der Waals surface area contributed by atoms with Crippen molar-refractivity contribution >= 4 is 11.8 Å². The minimum atomic E-state index is -0.387. The SMILES string of the molecule is O=C(NCc1ccc(F)cc1)c1cc(C2CCCCN2C(=O)c2ccc3c(c2)CCO3)on1. The van der Waals surface area contributed by atoms with E-state index >= 15 is 0 Å². The number of likely N-dealkylation sites (tertiary alicyclic amines) is 1. The van der Waals surface area contributed by atoms with Crippen molar-refractivity contribution in [3.8, 4) is 5.75 Å². The topological polar surface area (TPSA) is 84.7 Å². The number of ether oxygens (including phenoxy) is 1. The van der Waals surface area contributed by atoms with Gasteiger partial charge in [0.25, 0.3) is 11.8 Å². The summed E-state index contributed by atoms with van der Waals surface area (Å²) in [6.07, 6.45) is 3.42. The predicted molar refractivity (Wildman–Crippen MR) is 117 cm³/mol. The van der Waals surface area contributed by atoms with Gasteiger partial charge < -0.3 is 19.5 Å². The van der Waals surface area contributed by atoms with Gasteiger partial charge >= 0.3 is 0 Å². The largest absolute Gasteiger partial charge is 0.493 e. The summed E-state index contributed by atoms with van der Waals surface area (Å²) < 4.78 is 24.1. The van der Waals surface area contributed by atoms with E-state index in [0.717, 1.165) is 42.6 Å². The minimum Gasteiger partial charge on any atom is -0.493 e. The zero-order valence-corrected chi connectivity index (χ0v) is 18.1. The summed E-state index contributed by atoms with van der Waals surface area (Å²) in [5.41, 5.74) is 2.61. The average Bonchev–Trinajstić information content (AvgIpc) is 3.52. The van der Waals surface area contributed by atoms with E-state index < -0.39 is 0 Å². The standard InChI is InChI=1S/C25H24FN3O4/c26-19-7-4-16(5-8-19)15-27-24(30)20-14-23(33-28-20)21-3-1-2-11-29(21)25(31)18-6-9-22-17(13-18)10-12-32-22/h4-9,13-14,21H,1-3,10-12,15H2,(H,27,30). The second-order valence-electron chi connectivity index (χ2n) is 8.35. The lowest BCUT2D eigenvalue weighted by atomic mass is 9.98. The molecule has 0 saturated carbocycles. The number of nitrogens with one attached hydrogen (secondary N) is 1. The molecule has 2 aliphatic rings. The highest BCUT2D eigenvalue weighted by molar-refractivity contribution is 5.95. The monoisotopic (exact) mass is 449 g/mol. The molecule has 1 fully saturated rings. The van der Waals surface area contributed by atoms with Crippen molar-refractivity contribution in [2.24, 2.45) is 0 Å². The van der Waals surface area contributed by atoms with Crippen LogP contribution < -0.4 is 10.1 Å². The Bertz CT molecular complexity index is 1170. The lowest BCUT2D eigenvalue weighted by Gasteiger charge is -2.34. The fraction of sp³-hybridized carbons (Fsp3) is 0.320. The molecule has 3 aromatic rings. The van der Waals surface area contributed by atoms with Crippen molar-refractivity contribution in [2.75, 3.05) is 13.2 Å². The molecule has 2 amide bonds. The van der Waals surface area contributed by atoms with Gasteiger partial charge in [-0.3, -0.25) is 9.59 Å². The third-order valence-corrected chi connectivity index (χ3v) is 6.16. The van der Waals surface area contributed by atoms with Gasteiger partial charge in [0.2, 0.25) is 0 Å². The molecule has 0 aliphatic carbocycles. The number of fused-ring (bicyclic) bond motifs is 1. The van der Waals surface area contributed by atoms with Crippen LogP contribution in [-0.4, -0.2) is 35.0 Å². The highest BCUT2D eigenvalue weighted by atomic mass is 19.1. The van der Waals surface area contributed by atoms with E-state index in [0.29, 0.717) is 24.5 Å². The summed E-state index contributed by atoms with van der Waals surface area (Å²) >= 11 is 0. The molecule has 1 N–H and O–H groups in total. The molecule has 2 aromatic carbocycles. The third kappa shape index (κ3) is 4.46. The van der Waals surface area contributed by atoms with Gasteiger partial charge in [-0.05, 0) is 60.7 Å². The maximum Gasteiger partial charge on any atom is 0.273 e. The van der Waals surface area contributed by atoms with Gasteiger partial charge in [-0.15, -0.1) is 0 Å². The molecular weight excluding hydrogens is 425 g/mol. The molecular formula is C25H24FN3O4. The number of hydrogen-bond acceptors (Lipinski definition) is 5. The molecule has 8 heteroatoms. The number of amides is 2. The van der Waals surface area contributed by atoms with Crippen LogP contribution in [0, 0.1) is 5.82 Å². The second kappa shape index (κ2) is 9.05. The number of hydrogen-bond donors (Lipinski definition) is 1. The summed E-state index contributed by atoms with van der Waals surface area (Å²) in [6.45, 7) is 1.50. The molecule has 170 valence electrons. The van der Waals surface area contributed by atoms with Crippen LogP contribution in [0.5, 0.6) is 5.75 Å². The van der Waals surface area contributed by atoms with E-state index in [9.17, 15) is 14.0 Å². The first kappa shape index (κ1) is 21.2. The van der Waals surface area contributed by atoms with Crippen LogP contribution in [0.4, 0.5) is 4.39 Å². The molecule has 7 nitrogen and oxygen atoms in total. The Morgan fingerprint density at radius 3 is 2.82 bits per heavy atom. The first-order chi connectivity index (χ1) is 16.1. The third-order valence-electron chi connectivity index (χ3n) is 6.16. The molecule has 2 aliphatic heterocycles. The number of nitrogens with zero attached hydrogens (tertiary/aromatic N) is 2. The molecule has 0 bridgehead atoms. The molecule has 1 unspecified atom stereocenters. The zero-order valence-electron chi connectivity index (χ0n) is 18.1. The van der Waals surface area contributed by atoms with Crippen LogP contribution in [0.25, 0.3) is 0 Å². The fourth-order valence-electron chi connectivity index (χ4n) is 4.38. The van der Waals surface area contributed by atoms with Gasteiger partial charge in [-0.1, -0.05) is 17.3 Å². The lowest BCUT2D eigenvalue weighted by molar-refractivity contribution is 0.0569. The quantitative estimate of drug-likeness (QED) is 0.635. The Hall–Kier alpha value is -3.68. The van der Waals surface area contributed by atoms with Gasteiger partial charge in [0.1, 0.15) is 11.6 Å². The number of carbonyl (C=O) groups excluding carboxylic acids is 2. The van der Waals surface area contributed by atoms with E-state index in [-0.39, 0.29) is 35.9 Å². The number of carbonyl (C=O) groups is 2. The summed E-state index contributed by atoms with van der Waals surface area (Å²) in [7, 11) is 0. The Balaban J connectivity index is 1.29. The van der Waals surface area contributed by atoms with Crippen LogP contribution >= 0.6 is 0 Å². The van der Waals surface area contributed by atoms with Crippen LogP contribution in [0.1, 0.15) is 63.0 Å². The van der Waals surface area contributed by atoms with Crippen molar-refractivity contribution in [1.29, 1.82) is 0 Å². The van der Waals surface area contributed by atoms with Gasteiger partial charge in [0.05, 0.1) is 12.6 Å². The zero-order chi connectivity index (χ0) is 22.8. The molecule has 3 heterocycles. The molecule has 0 spiro atoms. The van der Waals surface area contributed by atoms with Crippen molar-refractivity contribution < 1.29 is 23.2 Å². The van der Waals surface area contributed by atoms with Crippen LogP contribution in [0.2, 0.25) is 0 Å². The Morgan fingerprint density at radius 1 is 1.12 bits per heavy atom. The minimum absolute atomic E-state index is 0.0619. The molecule has 1 atom stereocenters. The maximum atomic E-state index is 13.3. The average molecular weight is 449 g/mol. The fourth-order valence-corrected chi connectivity index (χ4v) is 4.38. The number of benzene rings is 2. The summed E-state index contributed by atoms with van der Waals surface area (Å²) in [5.74, 6) is 0.563. The van der Waals surface area contributed by atoms with E-state index in [2.05, 4.69) is 10.5 Å². The van der Waals surface area contributed by atoms with Crippen molar-refractivity contribution in [2.45, 2.75) is 38.3 Å². The van der Waals surface area contributed by atoms with Crippen molar-refractivity contribution in [3.05, 3.63) is 82.5 Å². The Kier molecular flexibility index (Phi) is 5.81. The first-order valence-electron chi connectivity index (χ1n) is 11.1. The van der Waals surface area contributed by atoms with Crippen LogP contribution in [-0.2, 0) is 13.0 Å². The van der Waals surface area contributed by atoms with E-state index in [4.69, 9.17) is 9.26 Å². The highest BCUT2D eigenvalue weighted by Gasteiger charge is 2.32. The lowest BCUT2D eigenvalue weighted by Crippen LogP contribution is -2.38. The molecule has 0 radical (unpaired) electrons. The molecule has 5 rings (SSSR count). The Labute approximate surface area is 190 Å². The second-order valence-corrected chi connectivity index (χ2v) is 8.35. The predicted octanol–water partition coefficient (Wildman–Crippen LogP) is 4.05. The van der Waals surface area contributed by atoms with E-state index in [1.54, 1.807) is 24.3 Å². The Morgan fingerprint density at radius 2 is 1.97 bits per heavy atom. The summed E-state index contributed by atoms with van der Waals surface area (Å²) in [5, 5.41) is 6.69. The maximum absolute atomic E-state index is 13.3. The van der Waals surface area contributed by atoms with Crippen LogP contribution in [0.3, 0.4) is 0 Å². The van der Waals surface area contributed by atoms with Crippen molar-refractivity contribution in [3.63, 3.8) is 0 Å². The smallest absolute Gasteiger partial charge is 0.273 e. The summed E-state index contributed by atoms with van der Waals surface area (Å²) in [4.78, 5) is 27.7. The normalized spacial score (nSPS) is 17.4. The van der Waals surface area contributed by atoms with E-state index in [1.165, 1.54) is 12.1 Å². The molecule has 33 heavy (non-hydrogen) atoms. The number of aromatic nitrogens is 1. The van der Waals surface area contributed by atoms with Crippen molar-refractivity contribution in [1.82, 2.24) is 15.4 Å². The highest BCUT2D eigenvalue weighted by Crippen LogP contribution is 2.34. The number of rotatable bonds is 5. The van der Waals surface area contributed by atoms with E-state index in [1.807, 2.05) is 17.0 Å². The number of halogens is 1. The molecule has 1 saturated heterocycles. The molecule has 1 aromatic heterocycles.